The van der Waals surface area contributed by atoms with E-state index in [4.69, 9.17) is 4.74 Å². The van der Waals surface area contributed by atoms with Gasteiger partial charge in [-0.1, -0.05) is 0 Å². The van der Waals surface area contributed by atoms with Gasteiger partial charge in [0, 0.05) is 30.8 Å². The van der Waals surface area contributed by atoms with Crippen LogP contribution in [-0.4, -0.2) is 24.7 Å². The first-order valence-electron chi connectivity index (χ1n) is 5.52. The van der Waals surface area contributed by atoms with Gasteiger partial charge in [-0.05, 0) is 33.2 Å². The van der Waals surface area contributed by atoms with Gasteiger partial charge in [0.1, 0.15) is 0 Å². The van der Waals surface area contributed by atoms with Crippen LogP contribution in [0.15, 0.2) is 6.20 Å². The van der Waals surface area contributed by atoms with Crippen LogP contribution in [0.3, 0.4) is 0 Å². The van der Waals surface area contributed by atoms with Crippen molar-refractivity contribution in [1.82, 2.24) is 10.3 Å². The van der Waals surface area contributed by atoms with E-state index < -0.39 is 0 Å². The summed E-state index contributed by atoms with van der Waals surface area (Å²) in [5.74, 6) is 0. The SMILES string of the molecule is CCOCCCCNCc1cnc(C)s1.Cl. The number of ether oxygens (including phenoxy) is 1. The Balaban J connectivity index is 0.00000225. The van der Waals surface area contributed by atoms with Gasteiger partial charge in [-0.3, -0.25) is 0 Å². The van der Waals surface area contributed by atoms with E-state index in [-0.39, 0.29) is 12.4 Å². The standard InChI is InChI=1S/C11H20N2OS.ClH/c1-3-14-7-5-4-6-12-8-11-9-13-10(2)15-11;/h9,12H,3-8H2,1-2H3;1H. The number of nitrogens with zero attached hydrogens (tertiary/aromatic N) is 1. The molecule has 0 saturated carbocycles. The predicted molar refractivity (Wildman–Crippen MR) is 71.5 cm³/mol. The Morgan fingerprint density at radius 3 is 2.88 bits per heavy atom. The molecule has 0 spiro atoms. The van der Waals surface area contributed by atoms with Crippen molar-refractivity contribution in [3.8, 4) is 0 Å². The Kier molecular flexibility index (Phi) is 9.92. The highest BCUT2D eigenvalue weighted by Crippen LogP contribution is 2.10. The van der Waals surface area contributed by atoms with E-state index in [1.807, 2.05) is 20.0 Å². The van der Waals surface area contributed by atoms with Crippen LogP contribution in [0.5, 0.6) is 0 Å². The first-order chi connectivity index (χ1) is 7.33. The number of thiazole rings is 1. The third kappa shape index (κ3) is 7.17. The predicted octanol–water partition coefficient (Wildman–Crippen LogP) is 2.78. The molecule has 0 fully saturated rings. The normalized spacial score (nSPS) is 10.1. The molecule has 5 heteroatoms. The fourth-order valence-electron chi connectivity index (χ4n) is 1.30. The number of nitrogens with one attached hydrogen (secondary N) is 1. The van der Waals surface area contributed by atoms with E-state index in [1.165, 1.54) is 11.3 Å². The molecule has 0 radical (unpaired) electrons. The summed E-state index contributed by atoms with van der Waals surface area (Å²) in [7, 11) is 0. The molecule has 1 N–H and O–H groups in total. The molecule has 16 heavy (non-hydrogen) atoms. The number of aryl methyl sites for hydroxylation is 1. The van der Waals surface area contributed by atoms with Crippen LogP contribution in [-0.2, 0) is 11.3 Å². The molecule has 0 aliphatic heterocycles. The van der Waals surface area contributed by atoms with Crippen LogP contribution in [0, 0.1) is 6.92 Å². The fraction of sp³-hybridized carbons (Fsp3) is 0.727. The second-order valence-corrected chi connectivity index (χ2v) is 4.75. The first kappa shape index (κ1) is 15.8. The molecule has 1 heterocycles. The Labute approximate surface area is 108 Å². The van der Waals surface area contributed by atoms with Crippen LogP contribution in [0.25, 0.3) is 0 Å². The zero-order chi connectivity index (χ0) is 10.9. The number of hydrogen-bond donors (Lipinski definition) is 1. The molecule has 0 bridgehead atoms. The molecule has 0 aliphatic rings. The molecule has 0 aromatic carbocycles. The van der Waals surface area contributed by atoms with Crippen molar-refractivity contribution >= 4 is 23.7 Å². The van der Waals surface area contributed by atoms with Crippen molar-refractivity contribution < 1.29 is 4.74 Å². The van der Waals surface area contributed by atoms with E-state index in [9.17, 15) is 0 Å². The average Bonchev–Trinajstić information content (AvgIpc) is 2.63. The quantitative estimate of drug-likeness (QED) is 0.733. The molecule has 1 rings (SSSR count). The van der Waals surface area contributed by atoms with Crippen LogP contribution >= 0.6 is 23.7 Å². The largest absolute Gasteiger partial charge is 0.382 e. The molecule has 0 saturated heterocycles. The lowest BCUT2D eigenvalue weighted by Crippen LogP contribution is -2.14. The van der Waals surface area contributed by atoms with Crippen molar-refractivity contribution in [2.24, 2.45) is 0 Å². The summed E-state index contributed by atoms with van der Waals surface area (Å²) in [6.07, 6.45) is 4.27. The summed E-state index contributed by atoms with van der Waals surface area (Å²) in [5, 5.41) is 4.55. The Morgan fingerprint density at radius 1 is 1.44 bits per heavy atom. The van der Waals surface area contributed by atoms with Crippen LogP contribution in [0.1, 0.15) is 29.7 Å². The molecule has 0 unspecified atom stereocenters. The lowest BCUT2D eigenvalue weighted by molar-refractivity contribution is 0.143. The minimum Gasteiger partial charge on any atom is -0.382 e. The number of aromatic nitrogens is 1. The van der Waals surface area contributed by atoms with Crippen molar-refractivity contribution in [2.45, 2.75) is 33.2 Å². The highest BCUT2D eigenvalue weighted by molar-refractivity contribution is 7.11. The van der Waals surface area contributed by atoms with E-state index in [0.29, 0.717) is 0 Å². The zero-order valence-corrected chi connectivity index (χ0v) is 11.6. The van der Waals surface area contributed by atoms with Gasteiger partial charge in [-0.15, -0.1) is 23.7 Å². The molecule has 0 atom stereocenters. The lowest BCUT2D eigenvalue weighted by atomic mass is 10.3. The van der Waals surface area contributed by atoms with E-state index in [0.717, 1.165) is 37.7 Å². The zero-order valence-electron chi connectivity index (χ0n) is 9.99. The second kappa shape index (κ2) is 10.0. The molecule has 0 aliphatic carbocycles. The van der Waals surface area contributed by atoms with Gasteiger partial charge in [0.25, 0.3) is 0 Å². The molecular formula is C11H21ClN2OS. The maximum absolute atomic E-state index is 5.27. The highest BCUT2D eigenvalue weighted by Gasteiger charge is 1.96. The van der Waals surface area contributed by atoms with Crippen LogP contribution in [0.4, 0.5) is 0 Å². The first-order valence-corrected chi connectivity index (χ1v) is 6.34. The van der Waals surface area contributed by atoms with Crippen molar-refractivity contribution in [3.63, 3.8) is 0 Å². The van der Waals surface area contributed by atoms with Gasteiger partial charge in [-0.2, -0.15) is 0 Å². The minimum atomic E-state index is 0. The van der Waals surface area contributed by atoms with Crippen LogP contribution in [0.2, 0.25) is 0 Å². The van der Waals surface area contributed by atoms with E-state index in [2.05, 4.69) is 10.3 Å². The number of rotatable bonds is 8. The lowest BCUT2D eigenvalue weighted by Gasteiger charge is -2.03. The minimum absolute atomic E-state index is 0. The van der Waals surface area contributed by atoms with Crippen LogP contribution < -0.4 is 5.32 Å². The van der Waals surface area contributed by atoms with Crippen molar-refractivity contribution in [2.75, 3.05) is 19.8 Å². The monoisotopic (exact) mass is 264 g/mol. The van der Waals surface area contributed by atoms with Gasteiger partial charge in [0.15, 0.2) is 0 Å². The molecule has 3 nitrogen and oxygen atoms in total. The smallest absolute Gasteiger partial charge is 0.0897 e. The van der Waals surface area contributed by atoms with Crippen molar-refractivity contribution in [3.05, 3.63) is 16.1 Å². The van der Waals surface area contributed by atoms with E-state index >= 15 is 0 Å². The number of unbranched alkanes of at least 4 members (excludes halogenated alkanes) is 1. The maximum Gasteiger partial charge on any atom is 0.0897 e. The maximum atomic E-state index is 5.27. The Morgan fingerprint density at radius 2 is 2.25 bits per heavy atom. The molecule has 1 aromatic rings. The number of hydrogen-bond acceptors (Lipinski definition) is 4. The topological polar surface area (TPSA) is 34.1 Å². The fourth-order valence-corrected chi connectivity index (χ4v) is 2.06. The van der Waals surface area contributed by atoms with Gasteiger partial charge in [0.05, 0.1) is 5.01 Å². The highest BCUT2D eigenvalue weighted by atomic mass is 35.5. The summed E-state index contributed by atoms with van der Waals surface area (Å²) in [6.45, 7) is 7.79. The third-order valence-corrected chi connectivity index (χ3v) is 2.98. The summed E-state index contributed by atoms with van der Waals surface area (Å²) in [4.78, 5) is 5.53. The molecule has 1 aromatic heterocycles. The summed E-state index contributed by atoms with van der Waals surface area (Å²) in [6, 6.07) is 0. The molecular weight excluding hydrogens is 244 g/mol. The second-order valence-electron chi connectivity index (χ2n) is 3.43. The third-order valence-electron chi connectivity index (χ3n) is 2.06. The summed E-state index contributed by atoms with van der Waals surface area (Å²) >= 11 is 1.76. The molecule has 94 valence electrons. The summed E-state index contributed by atoms with van der Waals surface area (Å²) < 4.78 is 5.27. The summed E-state index contributed by atoms with van der Waals surface area (Å²) in [5.41, 5.74) is 0. The van der Waals surface area contributed by atoms with Gasteiger partial charge < -0.3 is 10.1 Å². The van der Waals surface area contributed by atoms with E-state index in [1.54, 1.807) is 11.3 Å². The van der Waals surface area contributed by atoms with Gasteiger partial charge in [-0.25, -0.2) is 4.98 Å². The Hall–Kier alpha value is -0.160. The Bertz CT molecular complexity index is 268. The molecule has 0 amide bonds. The van der Waals surface area contributed by atoms with Gasteiger partial charge in [0.2, 0.25) is 0 Å². The average molecular weight is 265 g/mol. The van der Waals surface area contributed by atoms with Crippen molar-refractivity contribution in [1.29, 1.82) is 0 Å². The van der Waals surface area contributed by atoms with Gasteiger partial charge >= 0.3 is 0 Å². The number of halogens is 1.